The highest BCUT2D eigenvalue weighted by Crippen LogP contribution is 2.19. The molecule has 0 aromatic heterocycles. The number of alkyl carbamates (subject to hydrolysis) is 1. The van der Waals surface area contributed by atoms with Gasteiger partial charge in [0.15, 0.2) is 0 Å². The Labute approximate surface area is 95.7 Å². The highest BCUT2D eigenvalue weighted by molar-refractivity contribution is 5.67. The molecule has 5 nitrogen and oxygen atoms in total. The van der Waals surface area contributed by atoms with Gasteiger partial charge in [-0.05, 0) is 32.1 Å². The molecule has 1 amide bonds. The maximum atomic E-state index is 11.5. The molecule has 5 heteroatoms. The van der Waals surface area contributed by atoms with Crippen molar-refractivity contribution in [3.05, 3.63) is 0 Å². The number of hydrogen-bond donors (Lipinski definition) is 2. The van der Waals surface area contributed by atoms with E-state index in [0.717, 1.165) is 38.7 Å². The SMILES string of the molecule is NC1CCCC(OC(=O)NC2CCOC2)C1. The fourth-order valence-electron chi connectivity index (χ4n) is 2.29. The maximum absolute atomic E-state index is 11.5. The van der Waals surface area contributed by atoms with Crippen molar-refractivity contribution in [2.45, 2.75) is 50.3 Å². The first-order valence-corrected chi connectivity index (χ1v) is 6.04. The van der Waals surface area contributed by atoms with Gasteiger partial charge in [-0.1, -0.05) is 0 Å². The molecule has 92 valence electrons. The van der Waals surface area contributed by atoms with E-state index in [1.54, 1.807) is 0 Å². The Hall–Kier alpha value is -0.810. The lowest BCUT2D eigenvalue weighted by atomic mass is 9.94. The first-order valence-electron chi connectivity index (χ1n) is 6.04. The highest BCUT2D eigenvalue weighted by Gasteiger charge is 2.24. The van der Waals surface area contributed by atoms with Crippen molar-refractivity contribution < 1.29 is 14.3 Å². The molecule has 3 unspecified atom stereocenters. The molecule has 0 bridgehead atoms. The van der Waals surface area contributed by atoms with E-state index in [4.69, 9.17) is 15.2 Å². The van der Waals surface area contributed by atoms with Crippen molar-refractivity contribution in [1.82, 2.24) is 5.32 Å². The standard InChI is InChI=1S/C11H20N2O3/c12-8-2-1-3-10(6-8)16-11(14)13-9-4-5-15-7-9/h8-10H,1-7,12H2,(H,13,14). The number of carbonyl (C=O) groups excluding carboxylic acids is 1. The van der Waals surface area contributed by atoms with Crippen LogP contribution in [0.25, 0.3) is 0 Å². The summed E-state index contributed by atoms with van der Waals surface area (Å²) in [7, 11) is 0. The van der Waals surface area contributed by atoms with Crippen LogP contribution in [-0.4, -0.2) is 37.5 Å². The number of rotatable bonds is 2. The van der Waals surface area contributed by atoms with Crippen LogP contribution in [0.5, 0.6) is 0 Å². The highest BCUT2D eigenvalue weighted by atomic mass is 16.6. The summed E-state index contributed by atoms with van der Waals surface area (Å²) in [5, 5.41) is 2.81. The number of amides is 1. The summed E-state index contributed by atoms with van der Waals surface area (Å²) in [5.41, 5.74) is 5.83. The first-order chi connectivity index (χ1) is 7.74. The zero-order valence-corrected chi connectivity index (χ0v) is 9.48. The minimum atomic E-state index is -0.324. The van der Waals surface area contributed by atoms with Gasteiger partial charge in [-0.15, -0.1) is 0 Å². The average Bonchev–Trinajstić information content (AvgIpc) is 2.70. The van der Waals surface area contributed by atoms with Crippen LogP contribution in [0.1, 0.15) is 32.1 Å². The summed E-state index contributed by atoms with van der Waals surface area (Å²) in [6, 6.07) is 0.297. The Kier molecular flexibility index (Phi) is 4.01. The molecule has 0 aromatic carbocycles. The molecular weight excluding hydrogens is 208 g/mol. The van der Waals surface area contributed by atoms with E-state index in [2.05, 4.69) is 5.32 Å². The predicted molar refractivity (Wildman–Crippen MR) is 59.1 cm³/mol. The van der Waals surface area contributed by atoms with Crippen LogP contribution in [0.15, 0.2) is 0 Å². The first kappa shape index (κ1) is 11.7. The van der Waals surface area contributed by atoms with Gasteiger partial charge in [-0.25, -0.2) is 4.79 Å². The largest absolute Gasteiger partial charge is 0.446 e. The lowest BCUT2D eigenvalue weighted by Crippen LogP contribution is -2.40. The Morgan fingerprint density at radius 3 is 2.94 bits per heavy atom. The zero-order valence-electron chi connectivity index (χ0n) is 9.48. The van der Waals surface area contributed by atoms with E-state index < -0.39 is 0 Å². The third-order valence-electron chi connectivity index (χ3n) is 3.19. The van der Waals surface area contributed by atoms with E-state index in [9.17, 15) is 4.79 Å². The fourth-order valence-corrected chi connectivity index (χ4v) is 2.29. The van der Waals surface area contributed by atoms with E-state index in [-0.39, 0.29) is 24.3 Å². The Balaban J connectivity index is 1.69. The van der Waals surface area contributed by atoms with Gasteiger partial charge in [0.25, 0.3) is 0 Å². The van der Waals surface area contributed by atoms with Gasteiger partial charge in [0.2, 0.25) is 0 Å². The molecule has 0 aromatic rings. The molecule has 1 saturated carbocycles. The molecule has 16 heavy (non-hydrogen) atoms. The fraction of sp³-hybridized carbons (Fsp3) is 0.909. The molecule has 3 atom stereocenters. The van der Waals surface area contributed by atoms with Crippen molar-refractivity contribution >= 4 is 6.09 Å². The third kappa shape index (κ3) is 3.35. The smallest absolute Gasteiger partial charge is 0.407 e. The Bertz CT molecular complexity index is 241. The summed E-state index contributed by atoms with van der Waals surface area (Å²) in [6.45, 7) is 1.32. The normalized spacial score (nSPS) is 34.7. The second-order valence-corrected chi connectivity index (χ2v) is 4.66. The third-order valence-corrected chi connectivity index (χ3v) is 3.19. The van der Waals surface area contributed by atoms with Crippen molar-refractivity contribution in [2.75, 3.05) is 13.2 Å². The lowest BCUT2D eigenvalue weighted by Gasteiger charge is -2.26. The minimum absolute atomic E-state index is 0.00827. The van der Waals surface area contributed by atoms with Crippen molar-refractivity contribution in [3.63, 3.8) is 0 Å². The molecular formula is C11H20N2O3. The summed E-state index contributed by atoms with van der Waals surface area (Å²) < 4.78 is 10.5. The number of hydrogen-bond acceptors (Lipinski definition) is 4. The topological polar surface area (TPSA) is 73.6 Å². The van der Waals surface area contributed by atoms with Gasteiger partial charge in [0.05, 0.1) is 12.6 Å². The number of carbonyl (C=O) groups is 1. The maximum Gasteiger partial charge on any atom is 0.407 e. The minimum Gasteiger partial charge on any atom is -0.446 e. The van der Waals surface area contributed by atoms with Crippen molar-refractivity contribution in [2.24, 2.45) is 5.73 Å². The van der Waals surface area contributed by atoms with Crippen LogP contribution in [-0.2, 0) is 9.47 Å². The van der Waals surface area contributed by atoms with Crippen molar-refractivity contribution in [3.8, 4) is 0 Å². The molecule has 2 rings (SSSR count). The second-order valence-electron chi connectivity index (χ2n) is 4.66. The Morgan fingerprint density at radius 1 is 1.38 bits per heavy atom. The second kappa shape index (κ2) is 5.50. The zero-order chi connectivity index (χ0) is 11.4. The molecule has 2 aliphatic rings. The van der Waals surface area contributed by atoms with Crippen LogP contribution in [0, 0.1) is 0 Å². The molecule has 1 heterocycles. The number of ether oxygens (including phenoxy) is 2. The molecule has 0 spiro atoms. The quantitative estimate of drug-likeness (QED) is 0.732. The monoisotopic (exact) mass is 228 g/mol. The van der Waals surface area contributed by atoms with Crippen molar-refractivity contribution in [1.29, 1.82) is 0 Å². The average molecular weight is 228 g/mol. The summed E-state index contributed by atoms with van der Waals surface area (Å²) in [6.07, 6.45) is 4.35. The lowest BCUT2D eigenvalue weighted by molar-refractivity contribution is 0.0674. The molecule has 0 radical (unpaired) electrons. The summed E-state index contributed by atoms with van der Waals surface area (Å²) in [5.74, 6) is 0. The summed E-state index contributed by atoms with van der Waals surface area (Å²) >= 11 is 0. The van der Waals surface area contributed by atoms with Crippen LogP contribution in [0.4, 0.5) is 4.79 Å². The van der Waals surface area contributed by atoms with Gasteiger partial charge < -0.3 is 20.5 Å². The van der Waals surface area contributed by atoms with Crippen LogP contribution in [0.3, 0.4) is 0 Å². The van der Waals surface area contributed by atoms with E-state index in [1.165, 1.54) is 0 Å². The molecule has 1 aliphatic heterocycles. The number of nitrogens with one attached hydrogen (secondary N) is 1. The van der Waals surface area contributed by atoms with Gasteiger partial charge in [0.1, 0.15) is 6.10 Å². The predicted octanol–water partition coefficient (Wildman–Crippen LogP) is 0.771. The summed E-state index contributed by atoms with van der Waals surface area (Å²) in [4.78, 5) is 11.5. The van der Waals surface area contributed by atoms with Gasteiger partial charge in [-0.2, -0.15) is 0 Å². The molecule has 1 aliphatic carbocycles. The van der Waals surface area contributed by atoms with Crippen LogP contribution in [0.2, 0.25) is 0 Å². The van der Waals surface area contributed by atoms with Gasteiger partial charge >= 0.3 is 6.09 Å². The van der Waals surface area contributed by atoms with Gasteiger partial charge in [-0.3, -0.25) is 0 Å². The number of nitrogens with two attached hydrogens (primary N) is 1. The molecule has 2 fully saturated rings. The van der Waals surface area contributed by atoms with E-state index in [1.807, 2.05) is 0 Å². The van der Waals surface area contributed by atoms with Gasteiger partial charge in [0, 0.05) is 12.6 Å². The van der Waals surface area contributed by atoms with Crippen LogP contribution >= 0.6 is 0 Å². The molecule has 3 N–H and O–H groups in total. The van der Waals surface area contributed by atoms with E-state index in [0.29, 0.717) is 6.61 Å². The Morgan fingerprint density at radius 2 is 2.25 bits per heavy atom. The van der Waals surface area contributed by atoms with Crippen LogP contribution < -0.4 is 11.1 Å². The molecule has 1 saturated heterocycles. The van der Waals surface area contributed by atoms with E-state index >= 15 is 0 Å².